The fourth-order valence-corrected chi connectivity index (χ4v) is 5.51. The molecule has 24 heavy (non-hydrogen) atoms. The molecule has 0 atom stereocenters. The van der Waals surface area contributed by atoms with E-state index in [2.05, 4.69) is 36.6 Å². The third-order valence-electron chi connectivity index (χ3n) is 3.42. The molecule has 2 rings (SSSR count). The number of ether oxygens (including phenoxy) is 1. The lowest BCUT2D eigenvalue weighted by Gasteiger charge is -2.12. The maximum absolute atomic E-state index is 13.9. The van der Waals surface area contributed by atoms with Gasteiger partial charge in [-0.05, 0) is 52.7 Å². The minimum Gasteiger partial charge on any atom is -0.465 e. The minimum absolute atomic E-state index is 0.0320. The Morgan fingerprint density at radius 1 is 1.21 bits per heavy atom. The third-order valence-corrected chi connectivity index (χ3v) is 6.75. The summed E-state index contributed by atoms with van der Waals surface area (Å²) in [7, 11) is -2.68. The highest BCUT2D eigenvalue weighted by atomic mass is 79.9. The van der Waals surface area contributed by atoms with Crippen molar-refractivity contribution in [3.63, 3.8) is 0 Å². The van der Waals surface area contributed by atoms with Gasteiger partial charge in [0.25, 0.3) is 0 Å². The van der Waals surface area contributed by atoms with Gasteiger partial charge >= 0.3 is 5.97 Å². The zero-order valence-electron chi connectivity index (χ0n) is 12.8. The molecule has 8 heteroatoms. The van der Waals surface area contributed by atoms with Gasteiger partial charge in [-0.2, -0.15) is 0 Å². The number of halogens is 3. The topological polar surface area (TPSA) is 60.4 Å². The van der Waals surface area contributed by atoms with Crippen LogP contribution in [0.25, 0.3) is 0 Å². The second kappa shape index (κ2) is 7.33. The second-order valence-electron chi connectivity index (χ2n) is 5.05. The molecule has 0 unspecified atom stereocenters. The molecule has 0 aliphatic carbocycles. The maximum atomic E-state index is 13.9. The van der Waals surface area contributed by atoms with E-state index in [0.717, 1.165) is 0 Å². The Morgan fingerprint density at radius 2 is 1.88 bits per heavy atom. The van der Waals surface area contributed by atoms with Crippen molar-refractivity contribution in [1.29, 1.82) is 0 Å². The standard InChI is InChI=1S/C16H13Br2FO4S/c1-9-6-13(18)15(7-10(9)16(20)23-2)24(21,22)8-11-12(17)4-3-5-14(11)19/h3-7H,8H2,1-2H3. The Hall–Kier alpha value is -1.25. The molecule has 0 bridgehead atoms. The predicted molar refractivity (Wildman–Crippen MR) is 95.2 cm³/mol. The smallest absolute Gasteiger partial charge is 0.338 e. The Bertz CT molecular complexity index is 890. The number of benzene rings is 2. The van der Waals surface area contributed by atoms with Gasteiger partial charge in [-0.3, -0.25) is 0 Å². The lowest BCUT2D eigenvalue weighted by atomic mass is 10.1. The number of rotatable bonds is 4. The quantitative estimate of drug-likeness (QED) is 0.609. The van der Waals surface area contributed by atoms with E-state index in [0.29, 0.717) is 14.5 Å². The summed E-state index contributed by atoms with van der Waals surface area (Å²) in [6.07, 6.45) is 0. The number of carbonyl (C=O) groups excluding carboxylic acids is 1. The van der Waals surface area contributed by atoms with E-state index >= 15 is 0 Å². The predicted octanol–water partition coefficient (Wildman–Crippen LogP) is 4.42. The number of aryl methyl sites for hydroxylation is 1. The van der Waals surface area contributed by atoms with Crippen LogP contribution >= 0.6 is 31.9 Å². The SMILES string of the molecule is COC(=O)c1cc(S(=O)(=O)Cc2c(F)cccc2Br)c(Br)cc1C. The van der Waals surface area contributed by atoms with Crippen molar-refractivity contribution in [1.82, 2.24) is 0 Å². The first-order valence-corrected chi connectivity index (χ1v) is 9.95. The van der Waals surface area contributed by atoms with Gasteiger partial charge in [0.2, 0.25) is 0 Å². The average Bonchev–Trinajstić information content (AvgIpc) is 2.50. The van der Waals surface area contributed by atoms with Gasteiger partial charge in [-0.15, -0.1) is 0 Å². The van der Waals surface area contributed by atoms with Crippen LogP contribution in [0.1, 0.15) is 21.5 Å². The van der Waals surface area contributed by atoms with Crippen LogP contribution in [-0.4, -0.2) is 21.5 Å². The van der Waals surface area contributed by atoms with E-state index in [-0.39, 0.29) is 16.0 Å². The molecule has 0 saturated heterocycles. The van der Waals surface area contributed by atoms with E-state index in [1.807, 2.05) is 0 Å². The van der Waals surface area contributed by atoms with Crippen LogP contribution < -0.4 is 0 Å². The molecule has 0 saturated carbocycles. The highest BCUT2D eigenvalue weighted by Gasteiger charge is 2.24. The van der Waals surface area contributed by atoms with Crippen LogP contribution in [0.5, 0.6) is 0 Å². The molecule has 0 aromatic heterocycles. The fraction of sp³-hybridized carbons (Fsp3) is 0.188. The molecule has 0 heterocycles. The van der Waals surface area contributed by atoms with Gasteiger partial charge in [0, 0.05) is 14.5 Å². The number of sulfone groups is 1. The van der Waals surface area contributed by atoms with Crippen molar-refractivity contribution < 1.29 is 22.3 Å². The minimum atomic E-state index is -3.89. The largest absolute Gasteiger partial charge is 0.465 e. The molecule has 0 spiro atoms. The maximum Gasteiger partial charge on any atom is 0.338 e. The molecular formula is C16H13Br2FO4S. The van der Waals surface area contributed by atoms with E-state index in [4.69, 9.17) is 0 Å². The third kappa shape index (κ3) is 3.87. The first kappa shape index (κ1) is 19.1. The molecule has 4 nitrogen and oxygen atoms in total. The lowest BCUT2D eigenvalue weighted by Crippen LogP contribution is -2.11. The molecule has 0 radical (unpaired) electrons. The lowest BCUT2D eigenvalue weighted by molar-refractivity contribution is 0.0599. The van der Waals surface area contributed by atoms with Crippen molar-refractivity contribution >= 4 is 47.7 Å². The zero-order valence-corrected chi connectivity index (χ0v) is 16.8. The molecule has 0 aliphatic heterocycles. The van der Waals surface area contributed by atoms with Crippen LogP contribution in [-0.2, 0) is 20.3 Å². The van der Waals surface area contributed by atoms with Crippen LogP contribution in [0.2, 0.25) is 0 Å². The Labute approximate surface area is 156 Å². The molecule has 0 fully saturated rings. The summed E-state index contributed by atoms with van der Waals surface area (Å²) >= 11 is 6.36. The monoisotopic (exact) mass is 478 g/mol. The highest BCUT2D eigenvalue weighted by Crippen LogP contribution is 2.31. The van der Waals surface area contributed by atoms with Gasteiger partial charge in [0.05, 0.1) is 23.3 Å². The number of carbonyl (C=O) groups is 1. The van der Waals surface area contributed by atoms with E-state index in [1.165, 1.54) is 31.4 Å². The van der Waals surface area contributed by atoms with Gasteiger partial charge in [0.15, 0.2) is 9.84 Å². The summed E-state index contributed by atoms with van der Waals surface area (Å²) in [6.45, 7) is 1.67. The van der Waals surface area contributed by atoms with Gasteiger partial charge < -0.3 is 4.74 Å². The molecule has 2 aromatic carbocycles. The molecule has 2 aromatic rings. The van der Waals surface area contributed by atoms with Gasteiger partial charge in [-0.1, -0.05) is 22.0 Å². The molecule has 0 N–H and O–H groups in total. The number of methoxy groups -OCH3 is 1. The summed E-state index contributed by atoms with van der Waals surface area (Å²) < 4.78 is 44.7. The fourth-order valence-electron chi connectivity index (χ4n) is 2.16. The van der Waals surface area contributed by atoms with Gasteiger partial charge in [0.1, 0.15) is 5.82 Å². The Morgan fingerprint density at radius 3 is 2.46 bits per heavy atom. The van der Waals surface area contributed by atoms with E-state index in [1.54, 1.807) is 13.0 Å². The summed E-state index contributed by atoms with van der Waals surface area (Å²) in [5, 5.41) is 0. The number of hydrogen-bond donors (Lipinski definition) is 0. The van der Waals surface area contributed by atoms with Crippen molar-refractivity contribution in [3.05, 3.63) is 61.8 Å². The molecular weight excluding hydrogens is 467 g/mol. The Balaban J connectivity index is 2.56. The zero-order chi connectivity index (χ0) is 18.1. The Kier molecular flexibility index (Phi) is 5.83. The summed E-state index contributed by atoms with van der Waals surface area (Å²) in [6, 6.07) is 7.01. The van der Waals surface area contributed by atoms with Crippen molar-refractivity contribution in [2.24, 2.45) is 0 Å². The van der Waals surface area contributed by atoms with Crippen LogP contribution in [0.3, 0.4) is 0 Å². The number of esters is 1. The summed E-state index contributed by atoms with van der Waals surface area (Å²) in [5.74, 6) is -1.80. The van der Waals surface area contributed by atoms with E-state index < -0.39 is 27.4 Å². The van der Waals surface area contributed by atoms with Crippen LogP contribution in [0, 0.1) is 12.7 Å². The van der Waals surface area contributed by atoms with Gasteiger partial charge in [-0.25, -0.2) is 17.6 Å². The van der Waals surface area contributed by atoms with E-state index in [9.17, 15) is 17.6 Å². The van der Waals surface area contributed by atoms with Crippen molar-refractivity contribution in [2.75, 3.05) is 7.11 Å². The summed E-state index contributed by atoms with van der Waals surface area (Å²) in [5.41, 5.74) is 0.746. The molecule has 0 amide bonds. The van der Waals surface area contributed by atoms with Crippen molar-refractivity contribution in [2.45, 2.75) is 17.6 Å². The van der Waals surface area contributed by atoms with Crippen molar-refractivity contribution in [3.8, 4) is 0 Å². The molecule has 128 valence electrons. The highest BCUT2D eigenvalue weighted by molar-refractivity contribution is 9.10. The van der Waals surface area contributed by atoms with Crippen LogP contribution in [0.15, 0.2) is 44.2 Å². The van der Waals surface area contributed by atoms with Crippen LogP contribution in [0.4, 0.5) is 4.39 Å². The molecule has 0 aliphatic rings. The summed E-state index contributed by atoms with van der Waals surface area (Å²) in [4.78, 5) is 11.7. The average molecular weight is 480 g/mol. The normalized spacial score (nSPS) is 11.4. The number of hydrogen-bond acceptors (Lipinski definition) is 4. The first-order chi connectivity index (χ1) is 11.2. The first-order valence-electron chi connectivity index (χ1n) is 6.71. The second-order valence-corrected chi connectivity index (χ2v) is 8.72.